The molecule has 1 N–H and O–H groups in total. The third-order valence-electron chi connectivity index (χ3n) is 5.46. The fourth-order valence-corrected chi connectivity index (χ4v) is 4.22. The van der Waals surface area contributed by atoms with E-state index in [9.17, 15) is 9.59 Å². The van der Waals surface area contributed by atoms with Crippen LogP contribution >= 0.6 is 0 Å². The van der Waals surface area contributed by atoms with Gasteiger partial charge < -0.3 is 14.7 Å². The molecule has 2 heterocycles. The van der Waals surface area contributed by atoms with Crippen LogP contribution in [0.2, 0.25) is 0 Å². The van der Waals surface area contributed by atoms with Crippen LogP contribution in [0, 0.1) is 6.92 Å². The zero-order chi connectivity index (χ0) is 17.2. The number of rotatable bonds is 4. The minimum Gasteiger partial charge on any atom is -0.481 e. The third kappa shape index (κ3) is 3.05. The molecule has 0 spiro atoms. The second kappa shape index (κ2) is 6.93. The minimum absolute atomic E-state index is 0.0338. The number of aliphatic carboxylic acids is 1. The summed E-state index contributed by atoms with van der Waals surface area (Å²) in [4.78, 5) is 26.5. The number of carbonyl (C=O) groups is 2. The van der Waals surface area contributed by atoms with E-state index in [0.717, 1.165) is 24.0 Å². The normalized spacial score (nSPS) is 23.2. The Balaban J connectivity index is 1.95. The number of benzene rings is 1. The molecule has 3 rings (SSSR count). The lowest BCUT2D eigenvalue weighted by Crippen LogP contribution is -2.52. The highest BCUT2D eigenvalue weighted by molar-refractivity contribution is 5.89. The molecule has 1 atom stereocenters. The maximum Gasteiger partial charge on any atom is 0.305 e. The summed E-state index contributed by atoms with van der Waals surface area (Å²) in [7, 11) is 0. The highest BCUT2D eigenvalue weighted by atomic mass is 16.5. The van der Waals surface area contributed by atoms with Crippen molar-refractivity contribution in [3.63, 3.8) is 0 Å². The molecular weight excluding hydrogens is 306 g/mol. The first-order valence-electron chi connectivity index (χ1n) is 8.71. The van der Waals surface area contributed by atoms with Gasteiger partial charge in [-0.2, -0.15) is 0 Å². The smallest absolute Gasteiger partial charge is 0.305 e. The average Bonchev–Trinajstić information content (AvgIpc) is 3.02. The number of ether oxygens (including phenoxy) is 1. The van der Waals surface area contributed by atoms with Gasteiger partial charge in [0.05, 0.1) is 11.8 Å². The number of hydrogen-bond acceptors (Lipinski definition) is 3. The van der Waals surface area contributed by atoms with Crippen molar-refractivity contribution in [1.29, 1.82) is 0 Å². The predicted octanol–water partition coefficient (Wildman–Crippen LogP) is 2.51. The number of amides is 1. The number of carboxylic acid groups (broad SMARTS) is 1. The van der Waals surface area contributed by atoms with E-state index in [0.29, 0.717) is 32.6 Å². The Bertz CT molecular complexity index is 622. The van der Waals surface area contributed by atoms with E-state index in [1.54, 1.807) is 0 Å². The van der Waals surface area contributed by atoms with Crippen molar-refractivity contribution in [2.45, 2.75) is 50.5 Å². The van der Waals surface area contributed by atoms with Gasteiger partial charge in [-0.05, 0) is 43.7 Å². The number of carbonyl (C=O) groups excluding carboxylic acids is 1. The largest absolute Gasteiger partial charge is 0.481 e. The number of nitrogens with zero attached hydrogens (tertiary/aromatic N) is 1. The SMILES string of the molecule is Cc1ccccc1C1(C(=O)N2CCCC2CC(=O)O)CCOCC1. The lowest BCUT2D eigenvalue weighted by Gasteiger charge is -2.41. The van der Waals surface area contributed by atoms with E-state index in [-0.39, 0.29) is 18.4 Å². The predicted molar refractivity (Wildman–Crippen MR) is 89.9 cm³/mol. The highest BCUT2D eigenvalue weighted by Gasteiger charge is 2.47. The third-order valence-corrected chi connectivity index (χ3v) is 5.46. The molecule has 2 aliphatic heterocycles. The molecule has 1 aromatic rings. The van der Waals surface area contributed by atoms with Crippen molar-refractivity contribution >= 4 is 11.9 Å². The van der Waals surface area contributed by atoms with Crippen LogP contribution in [-0.4, -0.2) is 47.7 Å². The van der Waals surface area contributed by atoms with Crippen molar-refractivity contribution in [1.82, 2.24) is 4.90 Å². The van der Waals surface area contributed by atoms with Gasteiger partial charge in [-0.15, -0.1) is 0 Å². The van der Waals surface area contributed by atoms with Crippen LogP contribution in [0.4, 0.5) is 0 Å². The molecule has 2 saturated heterocycles. The Morgan fingerprint density at radius 2 is 2.00 bits per heavy atom. The van der Waals surface area contributed by atoms with Gasteiger partial charge in [0.1, 0.15) is 0 Å². The first kappa shape index (κ1) is 17.0. The van der Waals surface area contributed by atoms with Crippen LogP contribution in [0.5, 0.6) is 0 Å². The van der Waals surface area contributed by atoms with Crippen LogP contribution in [0.25, 0.3) is 0 Å². The molecular formula is C19H25NO4. The fraction of sp³-hybridized carbons (Fsp3) is 0.579. The molecule has 0 aromatic heterocycles. The van der Waals surface area contributed by atoms with Gasteiger partial charge in [0.25, 0.3) is 0 Å². The molecule has 0 aliphatic carbocycles. The fourth-order valence-electron chi connectivity index (χ4n) is 4.22. The van der Waals surface area contributed by atoms with Crippen LogP contribution in [-0.2, 0) is 19.7 Å². The molecule has 1 amide bonds. The summed E-state index contributed by atoms with van der Waals surface area (Å²) in [5.41, 5.74) is 1.60. The number of likely N-dealkylation sites (tertiary alicyclic amines) is 1. The van der Waals surface area contributed by atoms with Crippen molar-refractivity contribution in [2.75, 3.05) is 19.8 Å². The van der Waals surface area contributed by atoms with E-state index in [1.165, 1.54) is 0 Å². The average molecular weight is 331 g/mol. The number of hydrogen-bond donors (Lipinski definition) is 1. The molecule has 130 valence electrons. The summed E-state index contributed by atoms with van der Waals surface area (Å²) in [6, 6.07) is 7.86. The summed E-state index contributed by atoms with van der Waals surface area (Å²) >= 11 is 0. The van der Waals surface area contributed by atoms with Crippen LogP contribution < -0.4 is 0 Å². The van der Waals surface area contributed by atoms with Crippen LogP contribution in [0.3, 0.4) is 0 Å². The maximum absolute atomic E-state index is 13.5. The quantitative estimate of drug-likeness (QED) is 0.920. The number of carboxylic acids is 1. The van der Waals surface area contributed by atoms with Crippen LogP contribution in [0.15, 0.2) is 24.3 Å². The van der Waals surface area contributed by atoms with E-state index < -0.39 is 11.4 Å². The summed E-state index contributed by atoms with van der Waals surface area (Å²) in [5, 5.41) is 9.15. The molecule has 24 heavy (non-hydrogen) atoms. The Hall–Kier alpha value is -1.88. The molecule has 0 radical (unpaired) electrons. The molecule has 1 unspecified atom stereocenters. The summed E-state index contributed by atoms with van der Waals surface area (Å²) in [5.74, 6) is -0.750. The zero-order valence-corrected chi connectivity index (χ0v) is 14.2. The standard InChI is InChI=1S/C19H25NO4/c1-14-5-2-3-7-16(14)19(8-11-24-12-9-19)18(23)20-10-4-6-15(20)13-17(21)22/h2-3,5,7,15H,4,6,8-13H2,1H3,(H,21,22). The van der Waals surface area contributed by atoms with Crippen molar-refractivity contribution < 1.29 is 19.4 Å². The molecule has 1 aromatic carbocycles. The van der Waals surface area contributed by atoms with Gasteiger partial charge >= 0.3 is 5.97 Å². The first-order valence-corrected chi connectivity index (χ1v) is 8.71. The van der Waals surface area contributed by atoms with Crippen LogP contribution in [0.1, 0.15) is 43.2 Å². The Morgan fingerprint density at radius 1 is 1.29 bits per heavy atom. The van der Waals surface area contributed by atoms with E-state index in [4.69, 9.17) is 9.84 Å². The lowest BCUT2D eigenvalue weighted by molar-refractivity contribution is -0.144. The molecule has 0 saturated carbocycles. The van der Waals surface area contributed by atoms with Gasteiger partial charge in [0, 0.05) is 25.8 Å². The molecule has 5 heteroatoms. The summed E-state index contributed by atoms with van der Waals surface area (Å²) in [6.07, 6.45) is 3.01. The Labute approximate surface area is 142 Å². The second-order valence-corrected chi connectivity index (χ2v) is 6.90. The van der Waals surface area contributed by atoms with E-state index >= 15 is 0 Å². The topological polar surface area (TPSA) is 66.8 Å². The zero-order valence-electron chi connectivity index (χ0n) is 14.2. The Morgan fingerprint density at radius 3 is 2.67 bits per heavy atom. The lowest BCUT2D eigenvalue weighted by atomic mass is 9.71. The van der Waals surface area contributed by atoms with E-state index in [2.05, 4.69) is 0 Å². The highest BCUT2D eigenvalue weighted by Crippen LogP contribution is 2.40. The number of aryl methyl sites for hydroxylation is 1. The summed E-state index contributed by atoms with van der Waals surface area (Å²) < 4.78 is 5.53. The van der Waals surface area contributed by atoms with Crippen molar-refractivity contribution in [3.8, 4) is 0 Å². The molecule has 2 aliphatic rings. The van der Waals surface area contributed by atoms with Crippen molar-refractivity contribution in [2.24, 2.45) is 0 Å². The molecule has 5 nitrogen and oxygen atoms in total. The van der Waals surface area contributed by atoms with Gasteiger partial charge in [-0.3, -0.25) is 9.59 Å². The van der Waals surface area contributed by atoms with E-state index in [1.807, 2.05) is 36.1 Å². The summed E-state index contributed by atoms with van der Waals surface area (Å²) in [6.45, 7) is 3.83. The minimum atomic E-state index is -0.836. The second-order valence-electron chi connectivity index (χ2n) is 6.90. The Kier molecular flexibility index (Phi) is 4.90. The van der Waals surface area contributed by atoms with Gasteiger partial charge in [0.15, 0.2) is 0 Å². The van der Waals surface area contributed by atoms with Crippen molar-refractivity contribution in [3.05, 3.63) is 35.4 Å². The monoisotopic (exact) mass is 331 g/mol. The first-order chi connectivity index (χ1) is 11.5. The van der Waals surface area contributed by atoms with Gasteiger partial charge in [-0.25, -0.2) is 0 Å². The van der Waals surface area contributed by atoms with Gasteiger partial charge in [-0.1, -0.05) is 24.3 Å². The molecule has 0 bridgehead atoms. The molecule has 2 fully saturated rings. The van der Waals surface area contributed by atoms with Gasteiger partial charge in [0.2, 0.25) is 5.91 Å². The maximum atomic E-state index is 13.5.